The normalized spacial score (nSPS) is 18.1. The number of hydrogen-bond acceptors (Lipinski definition) is 3. The quantitative estimate of drug-likeness (QED) is 0.559. The molecule has 1 N–H and O–H groups in total. The summed E-state index contributed by atoms with van der Waals surface area (Å²) in [5, 5.41) is 8.42. The summed E-state index contributed by atoms with van der Waals surface area (Å²) < 4.78 is 0. The third-order valence-electron chi connectivity index (χ3n) is 2.00. The predicted molar refractivity (Wildman–Crippen MR) is 57.1 cm³/mol. The maximum Gasteiger partial charge on any atom is 0.303 e. The molecule has 0 aromatic rings. The minimum Gasteiger partial charge on any atom is -0.481 e. The van der Waals surface area contributed by atoms with E-state index in [4.69, 9.17) is 5.11 Å². The van der Waals surface area contributed by atoms with Gasteiger partial charge in [-0.2, -0.15) is 0 Å². The lowest BCUT2D eigenvalue weighted by molar-refractivity contribution is -0.137. The maximum atomic E-state index is 10.9. The van der Waals surface area contributed by atoms with E-state index in [0.717, 1.165) is 11.3 Å². The molecule has 15 heavy (non-hydrogen) atoms. The highest BCUT2D eigenvalue weighted by Gasteiger charge is 2.06. The van der Waals surface area contributed by atoms with Crippen LogP contribution in [0.25, 0.3) is 0 Å². The highest BCUT2D eigenvalue weighted by molar-refractivity contribution is 6.19. The minimum atomic E-state index is -0.808. The molecule has 4 heteroatoms. The number of carboxylic acids is 1. The van der Waals surface area contributed by atoms with E-state index in [1.807, 2.05) is 6.92 Å². The van der Waals surface area contributed by atoms with E-state index in [1.54, 1.807) is 6.08 Å². The Morgan fingerprint density at radius 2 is 2.20 bits per heavy atom. The second-order valence-electron chi connectivity index (χ2n) is 3.33. The fourth-order valence-corrected chi connectivity index (χ4v) is 1.24. The number of nitrogens with zero attached hydrogens (tertiary/aromatic N) is 1. The summed E-state index contributed by atoms with van der Waals surface area (Å²) in [6.45, 7) is 2.29. The molecule has 1 rings (SSSR count). The molecule has 0 spiro atoms. The first kappa shape index (κ1) is 11.4. The van der Waals surface area contributed by atoms with Crippen molar-refractivity contribution >= 4 is 17.5 Å². The number of carbonyl (C=O) groups excluding carboxylic acids is 1. The lowest BCUT2D eigenvalue weighted by Gasteiger charge is -2.05. The summed E-state index contributed by atoms with van der Waals surface area (Å²) in [4.78, 5) is 25.4. The van der Waals surface area contributed by atoms with Crippen LogP contribution in [0.4, 0.5) is 0 Å². The number of rotatable bonds is 4. The minimum absolute atomic E-state index is 0.0306. The second-order valence-corrected chi connectivity index (χ2v) is 3.33. The van der Waals surface area contributed by atoms with Gasteiger partial charge < -0.3 is 5.11 Å². The molecule has 80 valence electrons. The summed E-state index contributed by atoms with van der Waals surface area (Å²) >= 11 is 0. The van der Waals surface area contributed by atoms with Crippen LogP contribution in [0.2, 0.25) is 0 Å². The zero-order chi connectivity index (χ0) is 11.3. The van der Waals surface area contributed by atoms with E-state index in [0.29, 0.717) is 13.0 Å². The molecule has 1 aliphatic carbocycles. The van der Waals surface area contributed by atoms with Crippen molar-refractivity contribution < 1.29 is 14.7 Å². The van der Waals surface area contributed by atoms with Crippen LogP contribution in [-0.2, 0) is 9.59 Å². The first-order valence-electron chi connectivity index (χ1n) is 4.76. The third kappa shape index (κ3) is 3.89. The Morgan fingerprint density at radius 3 is 2.80 bits per heavy atom. The van der Waals surface area contributed by atoms with Crippen LogP contribution < -0.4 is 0 Å². The third-order valence-corrected chi connectivity index (χ3v) is 2.00. The molecule has 0 fully saturated rings. The average Bonchev–Trinajstić information content (AvgIpc) is 2.14. The average molecular weight is 207 g/mol. The van der Waals surface area contributed by atoms with E-state index in [9.17, 15) is 9.59 Å². The van der Waals surface area contributed by atoms with Gasteiger partial charge in [0.25, 0.3) is 0 Å². The highest BCUT2D eigenvalue weighted by Crippen LogP contribution is 2.06. The predicted octanol–water partition coefficient (Wildman–Crippen LogP) is 1.38. The van der Waals surface area contributed by atoms with E-state index in [1.165, 1.54) is 12.2 Å². The molecule has 0 radical (unpaired) electrons. The summed E-state index contributed by atoms with van der Waals surface area (Å²) in [6, 6.07) is 0. The van der Waals surface area contributed by atoms with Crippen LogP contribution >= 0.6 is 0 Å². The summed E-state index contributed by atoms with van der Waals surface area (Å²) in [6.07, 6.45) is 5.30. The van der Waals surface area contributed by atoms with Gasteiger partial charge in [-0.25, -0.2) is 0 Å². The Morgan fingerprint density at radius 1 is 1.47 bits per heavy atom. The van der Waals surface area contributed by atoms with Crippen LogP contribution in [-0.4, -0.2) is 29.1 Å². The Labute approximate surface area is 88.0 Å². The molecular formula is C11H13NO3. The molecule has 0 saturated carbocycles. The van der Waals surface area contributed by atoms with Crippen LogP contribution in [0, 0.1) is 0 Å². The number of aliphatic imine (C=N–C) groups is 1. The van der Waals surface area contributed by atoms with Gasteiger partial charge in [0, 0.05) is 13.0 Å². The molecular weight excluding hydrogens is 194 g/mol. The van der Waals surface area contributed by atoms with Gasteiger partial charge in [0.1, 0.15) is 0 Å². The van der Waals surface area contributed by atoms with Crippen LogP contribution in [0.15, 0.2) is 28.8 Å². The smallest absolute Gasteiger partial charge is 0.303 e. The molecule has 0 atom stereocenters. The van der Waals surface area contributed by atoms with Crippen molar-refractivity contribution in [1.82, 2.24) is 0 Å². The van der Waals surface area contributed by atoms with Crippen molar-refractivity contribution in [2.24, 2.45) is 4.99 Å². The molecule has 0 aromatic heterocycles. The highest BCUT2D eigenvalue weighted by atomic mass is 16.4. The molecule has 0 heterocycles. The Bertz CT molecular complexity index is 364. The fraction of sp³-hybridized carbons (Fsp3) is 0.364. The van der Waals surface area contributed by atoms with E-state index >= 15 is 0 Å². The Kier molecular flexibility index (Phi) is 3.97. The van der Waals surface area contributed by atoms with Gasteiger partial charge in [-0.05, 0) is 37.1 Å². The first-order valence-corrected chi connectivity index (χ1v) is 4.76. The number of ketones is 1. The molecule has 1 aliphatic rings. The molecule has 0 aromatic carbocycles. The van der Waals surface area contributed by atoms with E-state index in [-0.39, 0.29) is 12.2 Å². The number of hydrogen-bond donors (Lipinski definition) is 1. The van der Waals surface area contributed by atoms with Gasteiger partial charge in [-0.1, -0.05) is 0 Å². The number of allylic oxidation sites excluding steroid dienone is 4. The van der Waals surface area contributed by atoms with Crippen molar-refractivity contribution in [1.29, 1.82) is 0 Å². The van der Waals surface area contributed by atoms with Gasteiger partial charge >= 0.3 is 5.97 Å². The van der Waals surface area contributed by atoms with Gasteiger partial charge in [-0.3, -0.25) is 14.6 Å². The largest absolute Gasteiger partial charge is 0.481 e. The lowest BCUT2D eigenvalue weighted by Crippen LogP contribution is -2.06. The number of aliphatic carboxylic acids is 1. The topological polar surface area (TPSA) is 66.7 Å². The molecule has 0 saturated heterocycles. The Balaban J connectivity index is 2.47. The summed E-state index contributed by atoms with van der Waals surface area (Å²) in [7, 11) is 0. The summed E-state index contributed by atoms with van der Waals surface area (Å²) in [5.74, 6) is -0.839. The molecule has 4 nitrogen and oxygen atoms in total. The molecule has 0 aliphatic heterocycles. The first-order chi connectivity index (χ1) is 7.09. The SMILES string of the molecule is CC1=CC(=O)C=CC1=NCCCC(=O)O. The van der Waals surface area contributed by atoms with Crippen molar-refractivity contribution in [3.8, 4) is 0 Å². The van der Waals surface area contributed by atoms with Crippen molar-refractivity contribution in [2.45, 2.75) is 19.8 Å². The van der Waals surface area contributed by atoms with Gasteiger partial charge in [0.2, 0.25) is 0 Å². The van der Waals surface area contributed by atoms with Gasteiger partial charge in [-0.15, -0.1) is 0 Å². The fourth-order valence-electron chi connectivity index (χ4n) is 1.24. The molecule has 0 bridgehead atoms. The standard InChI is InChI=1S/C11H13NO3/c1-8-7-9(13)4-5-10(8)12-6-2-3-11(14)15/h4-5,7H,2-3,6H2,1H3,(H,14,15). The monoisotopic (exact) mass is 207 g/mol. The van der Waals surface area contributed by atoms with Crippen molar-refractivity contribution in [3.05, 3.63) is 23.8 Å². The second kappa shape index (κ2) is 5.24. The summed E-state index contributed by atoms with van der Waals surface area (Å²) in [5.41, 5.74) is 1.60. The van der Waals surface area contributed by atoms with Gasteiger partial charge in [0.15, 0.2) is 5.78 Å². The van der Waals surface area contributed by atoms with Crippen LogP contribution in [0.1, 0.15) is 19.8 Å². The Hall–Kier alpha value is -1.71. The van der Waals surface area contributed by atoms with Gasteiger partial charge in [0.05, 0.1) is 5.71 Å². The van der Waals surface area contributed by atoms with E-state index in [2.05, 4.69) is 4.99 Å². The zero-order valence-electron chi connectivity index (χ0n) is 8.56. The number of carboxylic acid groups (broad SMARTS) is 1. The van der Waals surface area contributed by atoms with E-state index < -0.39 is 5.97 Å². The van der Waals surface area contributed by atoms with Crippen molar-refractivity contribution in [2.75, 3.05) is 6.54 Å². The van der Waals surface area contributed by atoms with Crippen LogP contribution in [0.3, 0.4) is 0 Å². The van der Waals surface area contributed by atoms with Crippen molar-refractivity contribution in [3.63, 3.8) is 0 Å². The van der Waals surface area contributed by atoms with Crippen LogP contribution in [0.5, 0.6) is 0 Å². The number of carbonyl (C=O) groups is 2. The zero-order valence-corrected chi connectivity index (χ0v) is 8.56. The molecule has 0 amide bonds. The maximum absolute atomic E-state index is 10.9. The lowest BCUT2D eigenvalue weighted by atomic mass is 10.0. The molecule has 0 unspecified atom stereocenters.